The zero-order chi connectivity index (χ0) is 25.8. The maximum absolute atomic E-state index is 10.6. The Morgan fingerprint density at radius 1 is 1.20 bits per heavy atom. The number of hydrogen-bond donors (Lipinski definition) is 3. The Kier molecular flexibility index (Phi) is 12.2. The summed E-state index contributed by atoms with van der Waals surface area (Å²) in [5.74, 6) is 1.48. The van der Waals surface area contributed by atoms with Gasteiger partial charge >= 0.3 is 22.1 Å². The van der Waals surface area contributed by atoms with Crippen LogP contribution in [0.2, 0.25) is 0 Å². The Labute approximate surface area is 219 Å². The van der Waals surface area contributed by atoms with Crippen molar-refractivity contribution in [1.82, 2.24) is 15.5 Å². The Bertz CT molecular complexity index is 1050. The summed E-state index contributed by atoms with van der Waals surface area (Å²) in [7, 11) is 0. The molecule has 3 rings (SSSR count). The summed E-state index contributed by atoms with van der Waals surface area (Å²) in [6.07, 6.45) is 4.46. The number of aliphatic hydroxyl groups excluding tert-OH is 1. The average molecular weight is 653 g/mol. The normalized spacial score (nSPS) is 13.1. The molecule has 0 radical (unpaired) electrons. The molecule has 6 nitrogen and oxygen atoms in total. The second-order valence-electron chi connectivity index (χ2n) is 9.31. The van der Waals surface area contributed by atoms with E-state index in [-0.39, 0.29) is 6.04 Å². The van der Waals surface area contributed by atoms with Gasteiger partial charge in [0.15, 0.2) is 0 Å². The zero-order valence-electron chi connectivity index (χ0n) is 21.1. The Morgan fingerprint density at radius 3 is 2.63 bits per heavy atom. The van der Waals surface area contributed by atoms with Crippen molar-refractivity contribution in [2.24, 2.45) is 11.8 Å². The molecule has 2 aromatic carbocycles. The number of benzene rings is 2. The first-order valence-electron chi connectivity index (χ1n) is 11.8. The first-order valence-corrected chi connectivity index (χ1v) is 12.9. The van der Waals surface area contributed by atoms with Crippen molar-refractivity contribution in [1.29, 1.82) is 0 Å². The molecule has 0 aliphatic carbocycles. The number of aromatic nitrogens is 2. The minimum atomic E-state index is -0.771. The fourth-order valence-electron chi connectivity index (χ4n) is 3.83. The molecule has 0 amide bonds. The van der Waals surface area contributed by atoms with Gasteiger partial charge in [0.1, 0.15) is 6.61 Å². The number of rotatable bonds is 11. The van der Waals surface area contributed by atoms with Gasteiger partial charge in [0.25, 0.3) is 0 Å². The van der Waals surface area contributed by atoms with E-state index in [1.54, 1.807) is 6.07 Å². The van der Waals surface area contributed by atoms with Crippen LogP contribution in [0.15, 0.2) is 54.6 Å². The van der Waals surface area contributed by atoms with E-state index in [1.807, 2.05) is 24.3 Å². The summed E-state index contributed by atoms with van der Waals surface area (Å²) in [4.78, 5) is 0. The standard InChI is InChI=1S/C28H36N3O2.O.Os/c1-19(2)14-15-22-13-9-10-21(5)27(22)25-17-26(31-30-25)33-18-24(16-20(3)4)29-28(32)23-11-7-6-8-12-23;;/h6-7,9-15,17,19-20,24,28-29,32H,16,18H2,1-5H3,(H,30,31);;/q-1;;/b15-14+;;/t24-,28?;;/m1../s1. The van der Waals surface area contributed by atoms with E-state index < -0.39 is 6.23 Å². The van der Waals surface area contributed by atoms with Crippen LogP contribution < -0.4 is 10.1 Å². The summed E-state index contributed by atoms with van der Waals surface area (Å²) in [6, 6.07) is 18.6. The Hall–Kier alpha value is -2.45. The van der Waals surface area contributed by atoms with E-state index in [1.165, 1.54) is 5.56 Å². The number of aromatic amines is 1. The van der Waals surface area contributed by atoms with Crippen LogP contribution in [0.25, 0.3) is 17.3 Å². The molecule has 0 saturated carbocycles. The molecule has 0 aliphatic rings. The molecule has 7 heteroatoms. The summed E-state index contributed by atoms with van der Waals surface area (Å²) in [6.45, 7) is 11.2. The second kappa shape index (κ2) is 14.8. The molecule has 0 bridgehead atoms. The molecule has 3 aromatic rings. The van der Waals surface area contributed by atoms with Crippen molar-refractivity contribution in [2.45, 2.75) is 53.3 Å². The van der Waals surface area contributed by atoms with Gasteiger partial charge in [0.2, 0.25) is 5.88 Å². The van der Waals surface area contributed by atoms with E-state index in [0.717, 1.165) is 28.8 Å². The van der Waals surface area contributed by atoms with Crippen LogP contribution in [0.5, 0.6) is 5.88 Å². The first-order chi connectivity index (χ1) is 16.8. The van der Waals surface area contributed by atoms with Gasteiger partial charge < -0.3 is 9.84 Å². The van der Waals surface area contributed by atoms with Gasteiger partial charge in [-0.15, -0.1) is 10.7 Å². The van der Waals surface area contributed by atoms with Gasteiger partial charge in [-0.2, -0.15) is 30.3 Å². The quantitative estimate of drug-likeness (QED) is 0.180. The average Bonchev–Trinajstić information content (AvgIpc) is 3.31. The summed E-state index contributed by atoms with van der Waals surface area (Å²) in [5, 5.41) is 21.4. The third-order valence-corrected chi connectivity index (χ3v) is 5.42. The van der Waals surface area contributed by atoms with Crippen molar-refractivity contribution >= 4 is 6.08 Å². The summed E-state index contributed by atoms with van der Waals surface area (Å²) < 4.78 is 14.3. The van der Waals surface area contributed by atoms with Crippen molar-refractivity contribution in [3.63, 3.8) is 0 Å². The van der Waals surface area contributed by atoms with Gasteiger partial charge in [-0.25, -0.2) is 0 Å². The van der Waals surface area contributed by atoms with Crippen LogP contribution in [0, 0.1) is 24.8 Å². The minimum absolute atomic E-state index is 0.0247. The number of aliphatic hydroxyl groups is 1. The van der Waals surface area contributed by atoms with Crippen molar-refractivity contribution < 1.29 is 31.9 Å². The molecule has 1 unspecified atom stereocenters. The van der Waals surface area contributed by atoms with E-state index in [0.29, 0.717) is 42.9 Å². The molecular weight excluding hydrogens is 617 g/mol. The summed E-state index contributed by atoms with van der Waals surface area (Å²) in [5.41, 5.74) is 5.18. The number of hydrogen-bond acceptors (Lipinski definition) is 5. The van der Waals surface area contributed by atoms with Crippen LogP contribution in [0.4, 0.5) is 0 Å². The number of H-pyrrole nitrogens is 1. The van der Waals surface area contributed by atoms with Gasteiger partial charge in [-0.05, 0) is 36.3 Å². The summed E-state index contributed by atoms with van der Waals surface area (Å²) >= 11 is 0.611. The fourth-order valence-corrected chi connectivity index (χ4v) is 3.83. The fraction of sp³-hybridized carbons (Fsp3) is 0.393. The first kappa shape index (κ1) is 28.8. The monoisotopic (exact) mass is 654 g/mol. The van der Waals surface area contributed by atoms with Crippen molar-refractivity contribution in [3.05, 3.63) is 77.4 Å². The molecule has 2 atom stereocenters. The molecule has 35 heavy (non-hydrogen) atoms. The predicted molar refractivity (Wildman–Crippen MR) is 135 cm³/mol. The van der Waals surface area contributed by atoms with Gasteiger partial charge in [0, 0.05) is 17.7 Å². The molecule has 1 heterocycles. The van der Waals surface area contributed by atoms with Crippen molar-refractivity contribution in [3.8, 4) is 17.1 Å². The van der Waals surface area contributed by atoms with Crippen LogP contribution in [0.3, 0.4) is 0 Å². The number of aryl methyl sites for hydroxylation is 1. The third-order valence-electron chi connectivity index (χ3n) is 5.42. The van der Waals surface area contributed by atoms with Crippen LogP contribution in [-0.2, 0) is 22.1 Å². The predicted octanol–water partition coefficient (Wildman–Crippen LogP) is 5.81. The zero-order valence-corrected chi connectivity index (χ0v) is 23.6. The topological polar surface area (TPSA) is 87.2 Å². The molecule has 0 fully saturated rings. The molecule has 0 spiro atoms. The van der Waals surface area contributed by atoms with E-state index in [9.17, 15) is 5.11 Å². The molecule has 0 aliphatic heterocycles. The van der Waals surface area contributed by atoms with Gasteiger partial charge in [-0.3, -0.25) is 10.4 Å². The van der Waals surface area contributed by atoms with Gasteiger partial charge in [0.05, 0.1) is 11.9 Å². The van der Waals surface area contributed by atoms with E-state index >= 15 is 0 Å². The van der Waals surface area contributed by atoms with Crippen LogP contribution >= 0.6 is 0 Å². The van der Waals surface area contributed by atoms with E-state index in [4.69, 9.17) is 8.28 Å². The molecule has 1 aromatic heterocycles. The van der Waals surface area contributed by atoms with Gasteiger partial charge in [-0.1, -0.05) is 58.0 Å². The van der Waals surface area contributed by atoms with Crippen molar-refractivity contribution in [2.75, 3.05) is 6.61 Å². The molecule has 190 valence electrons. The second-order valence-corrected chi connectivity index (χ2v) is 9.31. The van der Waals surface area contributed by atoms with E-state index in [2.05, 4.69) is 86.6 Å². The molecule has 0 saturated heterocycles. The number of nitrogens with zero attached hydrogens (tertiary/aromatic N) is 1. The molecular formula is C28H36N3O3Os-. The Balaban J connectivity index is 0.00000210. The number of allylic oxidation sites excluding steroid dienone is 1. The maximum atomic E-state index is 10.6. The Morgan fingerprint density at radius 2 is 1.97 bits per heavy atom. The molecule has 3 N–H and O–H groups in total. The van der Waals surface area contributed by atoms with Crippen LogP contribution in [-0.4, -0.2) is 28.0 Å². The number of ether oxygens (including phenoxy) is 1. The number of nitrogens with one attached hydrogen (secondary N) is 2. The third kappa shape index (κ3) is 9.26. The van der Waals surface area contributed by atoms with Crippen LogP contribution in [0.1, 0.15) is 57.0 Å². The SMILES string of the molecule is Cc1cccc(/C=C/C(C)C)c1-c1cc(OC[C@@H](CC(C)C)NC(O)c2c[c-]ccc2)n[nH]1.[O]=[Os].